The van der Waals surface area contributed by atoms with Gasteiger partial charge in [0.25, 0.3) is 0 Å². The van der Waals surface area contributed by atoms with Gasteiger partial charge in [0.1, 0.15) is 16.8 Å². The van der Waals surface area contributed by atoms with Gasteiger partial charge in [0, 0.05) is 39.0 Å². The van der Waals surface area contributed by atoms with Crippen molar-refractivity contribution in [1.82, 2.24) is 9.55 Å². The molecule has 7 rings (SSSR count). The average molecular weight is 410 g/mol. The molecule has 0 aliphatic heterocycles. The third kappa shape index (κ3) is 2.39. The first-order chi connectivity index (χ1) is 15.9. The summed E-state index contributed by atoms with van der Waals surface area (Å²) >= 11 is 0. The molecule has 3 heterocycles. The van der Waals surface area contributed by atoms with Crippen LogP contribution in [0.3, 0.4) is 0 Å². The molecule has 0 saturated heterocycles. The summed E-state index contributed by atoms with van der Waals surface area (Å²) < 4.78 is 8.53. The number of hydrogen-bond acceptors (Lipinski definition) is 2. The number of benzene rings is 4. The highest BCUT2D eigenvalue weighted by molar-refractivity contribution is 6.10. The summed E-state index contributed by atoms with van der Waals surface area (Å²) in [6, 6.07) is 35.8. The van der Waals surface area contributed by atoms with E-state index in [0.29, 0.717) is 0 Å². The first kappa shape index (κ1) is 17.3. The van der Waals surface area contributed by atoms with Crippen LogP contribution in [0.4, 0.5) is 0 Å². The summed E-state index contributed by atoms with van der Waals surface area (Å²) in [5.74, 6) is 0. The van der Waals surface area contributed by atoms with Crippen LogP contribution in [0.15, 0.2) is 114 Å². The van der Waals surface area contributed by atoms with Crippen molar-refractivity contribution in [1.29, 1.82) is 0 Å². The number of aromatic nitrogens is 2. The van der Waals surface area contributed by atoms with Crippen molar-refractivity contribution in [2.75, 3.05) is 0 Å². The van der Waals surface area contributed by atoms with E-state index in [0.717, 1.165) is 55.3 Å². The van der Waals surface area contributed by atoms with Crippen molar-refractivity contribution in [3.05, 3.63) is 109 Å². The number of furan rings is 1. The first-order valence-corrected chi connectivity index (χ1v) is 10.7. The molecule has 32 heavy (non-hydrogen) atoms. The van der Waals surface area contributed by atoms with Gasteiger partial charge >= 0.3 is 0 Å². The molecule has 150 valence electrons. The van der Waals surface area contributed by atoms with Crippen molar-refractivity contribution in [3.8, 4) is 16.8 Å². The fraction of sp³-hybridized carbons (Fsp3) is 0. The largest absolute Gasteiger partial charge is 0.455 e. The molecule has 0 unspecified atom stereocenters. The van der Waals surface area contributed by atoms with Crippen molar-refractivity contribution in [3.63, 3.8) is 0 Å². The Morgan fingerprint density at radius 2 is 1.41 bits per heavy atom. The molecule has 0 aliphatic carbocycles. The Labute approximate surface area is 184 Å². The Hall–Kier alpha value is -4.37. The highest BCUT2D eigenvalue weighted by Gasteiger charge is 2.15. The Kier molecular flexibility index (Phi) is 3.55. The van der Waals surface area contributed by atoms with Crippen LogP contribution in [0, 0.1) is 0 Å². The van der Waals surface area contributed by atoms with E-state index in [1.807, 2.05) is 24.4 Å². The fourth-order valence-corrected chi connectivity index (χ4v) is 4.84. The molecule has 0 N–H and O–H groups in total. The molecule has 3 heteroatoms. The predicted molar refractivity (Wildman–Crippen MR) is 131 cm³/mol. The van der Waals surface area contributed by atoms with Gasteiger partial charge < -0.3 is 4.42 Å². The predicted octanol–water partition coefficient (Wildman–Crippen LogP) is 7.75. The zero-order chi connectivity index (χ0) is 21.1. The molecule has 0 fully saturated rings. The van der Waals surface area contributed by atoms with Crippen LogP contribution in [0.1, 0.15) is 0 Å². The molecule has 0 saturated carbocycles. The van der Waals surface area contributed by atoms with E-state index in [2.05, 4.69) is 89.5 Å². The van der Waals surface area contributed by atoms with E-state index < -0.39 is 0 Å². The van der Waals surface area contributed by atoms with Gasteiger partial charge in [0.2, 0.25) is 0 Å². The minimum Gasteiger partial charge on any atom is -0.455 e. The van der Waals surface area contributed by atoms with Crippen LogP contribution in [-0.2, 0) is 0 Å². The maximum Gasteiger partial charge on any atom is 0.145 e. The van der Waals surface area contributed by atoms with Crippen molar-refractivity contribution < 1.29 is 4.42 Å². The van der Waals surface area contributed by atoms with Crippen molar-refractivity contribution in [2.45, 2.75) is 0 Å². The Bertz CT molecular complexity index is 1730. The lowest BCUT2D eigenvalue weighted by atomic mass is 10.0. The number of pyridine rings is 1. The molecule has 0 amide bonds. The number of nitrogens with zero attached hydrogens (tertiary/aromatic N) is 2. The number of para-hydroxylation sites is 3. The summed E-state index contributed by atoms with van der Waals surface area (Å²) in [5.41, 5.74) is 7.25. The van der Waals surface area contributed by atoms with Crippen LogP contribution in [0.2, 0.25) is 0 Å². The van der Waals surface area contributed by atoms with Gasteiger partial charge in [-0.2, -0.15) is 0 Å². The van der Waals surface area contributed by atoms with E-state index in [-0.39, 0.29) is 0 Å². The highest BCUT2D eigenvalue weighted by atomic mass is 16.3. The summed E-state index contributed by atoms with van der Waals surface area (Å²) in [4.78, 5) is 4.72. The molecule has 4 aromatic carbocycles. The molecule has 3 aromatic heterocycles. The maximum atomic E-state index is 6.29. The van der Waals surface area contributed by atoms with Gasteiger partial charge in [-0.05, 0) is 42.0 Å². The van der Waals surface area contributed by atoms with Gasteiger partial charge in [-0.3, -0.25) is 4.57 Å². The average Bonchev–Trinajstić information content (AvgIpc) is 3.40. The second-order valence-electron chi connectivity index (χ2n) is 8.06. The smallest absolute Gasteiger partial charge is 0.145 e. The first-order valence-electron chi connectivity index (χ1n) is 10.7. The third-order valence-corrected chi connectivity index (χ3v) is 6.25. The summed E-state index contributed by atoms with van der Waals surface area (Å²) in [5, 5.41) is 4.66. The van der Waals surface area contributed by atoms with Crippen molar-refractivity contribution in [2.24, 2.45) is 0 Å². The molecule has 0 atom stereocenters. The number of hydrogen-bond donors (Lipinski definition) is 0. The number of fused-ring (bicyclic) bond motifs is 6. The van der Waals surface area contributed by atoms with Crippen LogP contribution in [0.5, 0.6) is 0 Å². The summed E-state index contributed by atoms with van der Waals surface area (Å²) in [7, 11) is 0. The van der Waals surface area contributed by atoms with Gasteiger partial charge in [0.05, 0.1) is 5.52 Å². The zero-order valence-electron chi connectivity index (χ0n) is 17.2. The van der Waals surface area contributed by atoms with Gasteiger partial charge in [-0.25, -0.2) is 4.98 Å². The molecular weight excluding hydrogens is 392 g/mol. The minimum atomic E-state index is 0.915. The van der Waals surface area contributed by atoms with Gasteiger partial charge in [0.15, 0.2) is 0 Å². The third-order valence-electron chi connectivity index (χ3n) is 6.25. The molecule has 0 radical (unpaired) electrons. The standard InChI is InChI=1S/C29H18N2O/c1-3-15-26-22(10-1)25-14-7-17-30-29(25)31(26)20-9-5-8-19(18-20)21-12-6-13-24-23-11-2-4-16-27(23)32-28(21)24/h1-18H. The lowest BCUT2D eigenvalue weighted by Gasteiger charge is -2.10. The molecule has 0 aliphatic rings. The minimum absolute atomic E-state index is 0.915. The van der Waals surface area contributed by atoms with Crippen molar-refractivity contribution >= 4 is 43.9 Å². The van der Waals surface area contributed by atoms with E-state index in [4.69, 9.17) is 9.40 Å². The lowest BCUT2D eigenvalue weighted by Crippen LogP contribution is -1.95. The Balaban J connectivity index is 1.50. The second kappa shape index (κ2) is 6.56. The monoisotopic (exact) mass is 410 g/mol. The molecule has 3 nitrogen and oxygen atoms in total. The Morgan fingerprint density at radius 3 is 2.38 bits per heavy atom. The van der Waals surface area contributed by atoms with Gasteiger partial charge in [-0.15, -0.1) is 0 Å². The van der Waals surface area contributed by atoms with Gasteiger partial charge in [-0.1, -0.05) is 66.7 Å². The second-order valence-corrected chi connectivity index (χ2v) is 8.06. The van der Waals surface area contributed by atoms with E-state index in [1.165, 1.54) is 5.39 Å². The topological polar surface area (TPSA) is 31.0 Å². The quantitative estimate of drug-likeness (QED) is 0.292. The van der Waals surface area contributed by atoms with Crippen LogP contribution >= 0.6 is 0 Å². The summed E-state index contributed by atoms with van der Waals surface area (Å²) in [6.07, 6.45) is 1.86. The molecular formula is C29H18N2O. The van der Waals surface area contributed by atoms with Crippen LogP contribution in [-0.4, -0.2) is 9.55 Å². The van der Waals surface area contributed by atoms with Crippen LogP contribution < -0.4 is 0 Å². The maximum absolute atomic E-state index is 6.29. The fourth-order valence-electron chi connectivity index (χ4n) is 4.84. The normalized spacial score (nSPS) is 11.8. The lowest BCUT2D eigenvalue weighted by molar-refractivity contribution is 0.670. The van der Waals surface area contributed by atoms with E-state index in [9.17, 15) is 0 Å². The number of rotatable bonds is 2. The zero-order valence-corrected chi connectivity index (χ0v) is 17.2. The molecule has 7 aromatic rings. The Morgan fingerprint density at radius 1 is 0.625 bits per heavy atom. The van der Waals surface area contributed by atoms with Crippen LogP contribution in [0.25, 0.3) is 60.7 Å². The van der Waals surface area contributed by atoms with E-state index in [1.54, 1.807) is 0 Å². The molecule has 0 bridgehead atoms. The van der Waals surface area contributed by atoms with E-state index >= 15 is 0 Å². The molecule has 0 spiro atoms. The SMILES string of the molecule is c1cc(-c2cccc3c2oc2ccccc23)cc(-n2c3ccccc3c3cccnc32)c1. The summed E-state index contributed by atoms with van der Waals surface area (Å²) in [6.45, 7) is 0. The highest BCUT2D eigenvalue weighted by Crippen LogP contribution is 2.37.